The van der Waals surface area contributed by atoms with Crippen LogP contribution in [0.2, 0.25) is 0 Å². The molecule has 1 N–H and O–H groups in total. The topological polar surface area (TPSA) is 37.8 Å². The molecule has 3 nitrogen and oxygen atoms in total. The average Bonchev–Trinajstić information content (AvgIpc) is 2.66. The fourth-order valence-electron chi connectivity index (χ4n) is 2.68. The van der Waals surface area contributed by atoms with E-state index in [9.17, 15) is 0 Å². The number of aromatic nitrogens is 2. The Morgan fingerprint density at radius 1 is 1.18 bits per heavy atom. The highest BCUT2D eigenvalue weighted by Gasteiger charge is 2.18. The molecule has 0 aromatic carbocycles. The molecule has 0 spiro atoms. The van der Waals surface area contributed by atoms with Gasteiger partial charge in [0.2, 0.25) is 0 Å². The van der Waals surface area contributed by atoms with E-state index in [0.29, 0.717) is 6.04 Å². The first-order valence-corrected chi connectivity index (χ1v) is 6.83. The molecule has 0 radical (unpaired) electrons. The maximum atomic E-state index is 4.04. The molecule has 2 rings (SSSR count). The molecule has 0 bridgehead atoms. The largest absolute Gasteiger partial charge is 0.310 e. The standard InChI is InChI=1S/C14H23N3/c1-12(14-6-4-2-3-5-7-14)17-10-13-8-15-11-16-9-13/h8-9,11-12,14,17H,2-7,10H2,1H3/t12-/m1/s1. The molecule has 1 aliphatic carbocycles. The van der Waals surface area contributed by atoms with Gasteiger partial charge in [0.05, 0.1) is 0 Å². The molecule has 0 amide bonds. The number of nitrogens with zero attached hydrogens (tertiary/aromatic N) is 2. The van der Waals surface area contributed by atoms with Gasteiger partial charge in [0.15, 0.2) is 0 Å². The van der Waals surface area contributed by atoms with Gasteiger partial charge in [-0.05, 0) is 25.7 Å². The van der Waals surface area contributed by atoms with Crippen molar-refractivity contribution in [2.24, 2.45) is 5.92 Å². The van der Waals surface area contributed by atoms with Crippen LogP contribution in [0.4, 0.5) is 0 Å². The van der Waals surface area contributed by atoms with E-state index in [0.717, 1.165) is 12.5 Å². The minimum absolute atomic E-state index is 0.605. The molecular formula is C14H23N3. The van der Waals surface area contributed by atoms with Crippen LogP contribution in [0.15, 0.2) is 18.7 Å². The number of nitrogens with one attached hydrogen (secondary N) is 1. The Labute approximate surface area is 104 Å². The highest BCUT2D eigenvalue weighted by Crippen LogP contribution is 2.25. The fourth-order valence-corrected chi connectivity index (χ4v) is 2.68. The van der Waals surface area contributed by atoms with Crippen LogP contribution in [0.1, 0.15) is 51.0 Å². The molecule has 1 heterocycles. The van der Waals surface area contributed by atoms with Gasteiger partial charge in [0.1, 0.15) is 6.33 Å². The normalized spacial score (nSPS) is 19.8. The van der Waals surface area contributed by atoms with E-state index in [1.54, 1.807) is 6.33 Å². The molecule has 1 aromatic rings. The van der Waals surface area contributed by atoms with Crippen LogP contribution in [0.3, 0.4) is 0 Å². The Bertz CT molecular complexity index is 305. The SMILES string of the molecule is C[C@@H](NCc1cncnc1)C1CCCCCC1. The van der Waals surface area contributed by atoms with E-state index in [-0.39, 0.29) is 0 Å². The van der Waals surface area contributed by atoms with E-state index in [1.807, 2.05) is 12.4 Å². The van der Waals surface area contributed by atoms with Gasteiger partial charge >= 0.3 is 0 Å². The van der Waals surface area contributed by atoms with Gasteiger partial charge in [-0.1, -0.05) is 25.7 Å². The molecule has 1 fully saturated rings. The van der Waals surface area contributed by atoms with Crippen molar-refractivity contribution in [3.8, 4) is 0 Å². The molecule has 0 saturated heterocycles. The third-order valence-electron chi connectivity index (χ3n) is 3.85. The van der Waals surface area contributed by atoms with Crippen molar-refractivity contribution in [1.29, 1.82) is 0 Å². The summed E-state index contributed by atoms with van der Waals surface area (Å²) in [7, 11) is 0. The summed E-state index contributed by atoms with van der Waals surface area (Å²) in [6, 6.07) is 0.605. The predicted molar refractivity (Wildman–Crippen MR) is 69.5 cm³/mol. The molecular weight excluding hydrogens is 210 g/mol. The molecule has 3 heteroatoms. The summed E-state index contributed by atoms with van der Waals surface area (Å²) in [6.45, 7) is 3.21. The van der Waals surface area contributed by atoms with Gasteiger partial charge in [-0.2, -0.15) is 0 Å². The van der Waals surface area contributed by atoms with Crippen LogP contribution >= 0.6 is 0 Å². The Kier molecular flexibility index (Phi) is 4.92. The summed E-state index contributed by atoms with van der Waals surface area (Å²) >= 11 is 0. The van der Waals surface area contributed by atoms with Gasteiger partial charge in [-0.25, -0.2) is 9.97 Å². The summed E-state index contributed by atoms with van der Waals surface area (Å²) in [5, 5.41) is 3.62. The quantitative estimate of drug-likeness (QED) is 0.813. The molecule has 94 valence electrons. The first-order chi connectivity index (χ1) is 8.36. The van der Waals surface area contributed by atoms with Crippen LogP contribution in [0, 0.1) is 5.92 Å². The van der Waals surface area contributed by atoms with E-state index in [4.69, 9.17) is 0 Å². The Hall–Kier alpha value is -0.960. The van der Waals surface area contributed by atoms with Gasteiger partial charge in [0.25, 0.3) is 0 Å². The smallest absolute Gasteiger partial charge is 0.115 e. The summed E-state index contributed by atoms with van der Waals surface area (Å²) in [5.74, 6) is 0.849. The zero-order valence-electron chi connectivity index (χ0n) is 10.7. The minimum atomic E-state index is 0.605. The van der Waals surface area contributed by atoms with Crippen molar-refractivity contribution in [3.05, 3.63) is 24.3 Å². The Morgan fingerprint density at radius 2 is 1.82 bits per heavy atom. The second kappa shape index (κ2) is 6.70. The lowest BCUT2D eigenvalue weighted by molar-refractivity contribution is 0.336. The number of hydrogen-bond acceptors (Lipinski definition) is 3. The zero-order chi connectivity index (χ0) is 11.9. The van der Waals surface area contributed by atoms with Gasteiger partial charge in [0, 0.05) is 30.5 Å². The second-order valence-corrected chi connectivity index (χ2v) is 5.17. The molecule has 1 aromatic heterocycles. The molecule has 1 aliphatic rings. The fraction of sp³-hybridized carbons (Fsp3) is 0.714. The van der Waals surface area contributed by atoms with Crippen LogP contribution in [0.25, 0.3) is 0 Å². The van der Waals surface area contributed by atoms with Crippen LogP contribution in [-0.2, 0) is 6.54 Å². The third kappa shape index (κ3) is 4.08. The molecule has 17 heavy (non-hydrogen) atoms. The van der Waals surface area contributed by atoms with Crippen molar-refractivity contribution in [1.82, 2.24) is 15.3 Å². The summed E-state index contributed by atoms with van der Waals surface area (Å²) in [6.07, 6.45) is 13.8. The van der Waals surface area contributed by atoms with Crippen molar-refractivity contribution < 1.29 is 0 Å². The maximum absolute atomic E-state index is 4.04. The molecule has 1 atom stereocenters. The second-order valence-electron chi connectivity index (χ2n) is 5.17. The van der Waals surface area contributed by atoms with Gasteiger partial charge in [-0.3, -0.25) is 0 Å². The number of hydrogen-bond donors (Lipinski definition) is 1. The van der Waals surface area contributed by atoms with Gasteiger partial charge < -0.3 is 5.32 Å². The van der Waals surface area contributed by atoms with Crippen molar-refractivity contribution >= 4 is 0 Å². The monoisotopic (exact) mass is 233 g/mol. The lowest BCUT2D eigenvalue weighted by Crippen LogP contribution is -2.33. The average molecular weight is 233 g/mol. The summed E-state index contributed by atoms with van der Waals surface area (Å²) in [4.78, 5) is 8.08. The van der Waals surface area contributed by atoms with E-state index >= 15 is 0 Å². The highest BCUT2D eigenvalue weighted by atomic mass is 14.9. The lowest BCUT2D eigenvalue weighted by atomic mass is 9.93. The molecule has 1 saturated carbocycles. The van der Waals surface area contributed by atoms with Crippen LogP contribution in [0.5, 0.6) is 0 Å². The highest BCUT2D eigenvalue weighted by molar-refractivity contribution is 5.01. The van der Waals surface area contributed by atoms with Crippen LogP contribution < -0.4 is 5.32 Å². The molecule has 0 unspecified atom stereocenters. The lowest BCUT2D eigenvalue weighted by Gasteiger charge is -2.23. The summed E-state index contributed by atoms with van der Waals surface area (Å²) < 4.78 is 0. The zero-order valence-corrected chi connectivity index (χ0v) is 10.7. The first-order valence-electron chi connectivity index (χ1n) is 6.83. The van der Waals surface area contributed by atoms with Gasteiger partial charge in [-0.15, -0.1) is 0 Å². The maximum Gasteiger partial charge on any atom is 0.115 e. The van der Waals surface area contributed by atoms with Crippen LogP contribution in [-0.4, -0.2) is 16.0 Å². The number of rotatable bonds is 4. The molecule has 0 aliphatic heterocycles. The first kappa shape index (κ1) is 12.5. The Balaban J connectivity index is 1.78. The van der Waals surface area contributed by atoms with Crippen molar-refractivity contribution in [2.75, 3.05) is 0 Å². The van der Waals surface area contributed by atoms with E-state index < -0.39 is 0 Å². The Morgan fingerprint density at radius 3 is 2.47 bits per heavy atom. The predicted octanol–water partition coefficient (Wildman–Crippen LogP) is 2.93. The van der Waals surface area contributed by atoms with E-state index in [2.05, 4.69) is 22.2 Å². The summed E-state index contributed by atoms with van der Waals surface area (Å²) in [5.41, 5.74) is 1.17. The van der Waals surface area contributed by atoms with Crippen molar-refractivity contribution in [3.63, 3.8) is 0 Å². The minimum Gasteiger partial charge on any atom is -0.310 e. The third-order valence-corrected chi connectivity index (χ3v) is 3.85. The van der Waals surface area contributed by atoms with E-state index in [1.165, 1.54) is 44.1 Å². The van der Waals surface area contributed by atoms with Crippen molar-refractivity contribution in [2.45, 2.75) is 58.0 Å².